The Morgan fingerprint density at radius 3 is 2.14 bits per heavy atom. The summed E-state index contributed by atoms with van der Waals surface area (Å²) in [5.41, 5.74) is -5.31. The Bertz CT molecular complexity index is 1780. The third-order valence-corrected chi connectivity index (χ3v) is 8.54. The number of alkyl halides is 3. The van der Waals surface area contributed by atoms with Crippen molar-refractivity contribution in [3.8, 4) is 5.75 Å². The smallest absolute Gasteiger partial charge is 0.376 e. The fourth-order valence-electron chi connectivity index (χ4n) is 4.11. The highest BCUT2D eigenvalue weighted by molar-refractivity contribution is 7.89. The fraction of sp³-hybridized carbons (Fsp3) is 0.185. The number of non-ortho nitro benzene ring substituents is 1. The van der Waals surface area contributed by atoms with Gasteiger partial charge in [0.1, 0.15) is 5.75 Å². The van der Waals surface area contributed by atoms with Gasteiger partial charge in [0.15, 0.2) is 0 Å². The summed E-state index contributed by atoms with van der Waals surface area (Å²) in [6.07, 6.45) is 0. The third-order valence-electron chi connectivity index (χ3n) is 6.13. The molecule has 15 heteroatoms. The molecule has 4 aromatic rings. The SMILES string of the molecule is O=[N+]([O-])c1ccc(S(=O)(=O)NC[C@@H](COCc2ccccc2)c2c(OS(=O)(=O)C(F)(F)F)ccc3ccccc23)cc1. The molecule has 10 nitrogen and oxygen atoms in total. The molecule has 0 amide bonds. The molecule has 0 fully saturated rings. The summed E-state index contributed by atoms with van der Waals surface area (Å²) in [6, 6.07) is 21.8. The van der Waals surface area contributed by atoms with E-state index in [1.807, 2.05) is 0 Å². The number of nitrogens with one attached hydrogen (secondary N) is 1. The second-order valence-electron chi connectivity index (χ2n) is 8.98. The first-order valence-corrected chi connectivity index (χ1v) is 15.1. The molecule has 1 N–H and O–H groups in total. The van der Waals surface area contributed by atoms with E-state index in [4.69, 9.17) is 4.74 Å². The zero-order valence-corrected chi connectivity index (χ0v) is 23.2. The first kappa shape index (κ1) is 30.9. The van der Waals surface area contributed by atoms with Crippen LogP contribution in [0.15, 0.2) is 95.9 Å². The van der Waals surface area contributed by atoms with Crippen LogP contribution in [0.1, 0.15) is 17.0 Å². The lowest BCUT2D eigenvalue weighted by Gasteiger charge is -2.23. The van der Waals surface area contributed by atoms with Crippen LogP contribution in [0.3, 0.4) is 0 Å². The molecule has 0 bridgehead atoms. The molecular weight excluding hydrogens is 601 g/mol. The van der Waals surface area contributed by atoms with Crippen molar-refractivity contribution in [1.29, 1.82) is 0 Å². The number of sulfonamides is 1. The van der Waals surface area contributed by atoms with Gasteiger partial charge >= 0.3 is 15.6 Å². The first-order valence-electron chi connectivity index (χ1n) is 12.2. The molecular formula is C27H23F3N2O8S2. The molecule has 0 unspecified atom stereocenters. The second kappa shape index (κ2) is 12.4. The van der Waals surface area contributed by atoms with E-state index < -0.39 is 48.8 Å². The van der Waals surface area contributed by atoms with Crippen LogP contribution in [0.5, 0.6) is 5.75 Å². The lowest BCUT2D eigenvalue weighted by atomic mass is 9.93. The van der Waals surface area contributed by atoms with Gasteiger partial charge in [0.05, 0.1) is 23.0 Å². The fourth-order valence-corrected chi connectivity index (χ4v) is 5.67. The molecule has 42 heavy (non-hydrogen) atoms. The maximum absolute atomic E-state index is 13.3. The normalized spacial score (nSPS) is 13.1. The molecule has 0 aromatic heterocycles. The van der Waals surface area contributed by atoms with Crippen molar-refractivity contribution >= 4 is 36.6 Å². The van der Waals surface area contributed by atoms with Gasteiger partial charge in [0, 0.05) is 30.2 Å². The number of ether oxygens (including phenoxy) is 1. The van der Waals surface area contributed by atoms with E-state index >= 15 is 0 Å². The van der Waals surface area contributed by atoms with Crippen molar-refractivity contribution in [3.63, 3.8) is 0 Å². The molecule has 0 saturated heterocycles. The van der Waals surface area contributed by atoms with Gasteiger partial charge in [-0.3, -0.25) is 10.1 Å². The number of nitro benzene ring substituents is 1. The number of benzene rings is 4. The Morgan fingerprint density at radius 2 is 1.50 bits per heavy atom. The summed E-state index contributed by atoms with van der Waals surface area (Å²) in [5.74, 6) is -1.69. The van der Waals surface area contributed by atoms with E-state index in [1.54, 1.807) is 48.5 Å². The molecule has 0 heterocycles. The van der Waals surface area contributed by atoms with Crippen molar-refractivity contribution < 1.29 is 43.9 Å². The van der Waals surface area contributed by atoms with Crippen LogP contribution in [0, 0.1) is 10.1 Å². The number of nitrogens with zero attached hydrogens (tertiary/aromatic N) is 1. The van der Waals surface area contributed by atoms with Gasteiger partial charge in [-0.2, -0.15) is 21.6 Å². The highest BCUT2D eigenvalue weighted by atomic mass is 32.2. The predicted octanol–water partition coefficient (Wildman–Crippen LogP) is 5.26. The quantitative estimate of drug-likeness (QED) is 0.0975. The molecule has 222 valence electrons. The zero-order chi connectivity index (χ0) is 30.5. The number of rotatable bonds is 12. The lowest BCUT2D eigenvalue weighted by Crippen LogP contribution is -2.32. The number of hydrogen-bond donors (Lipinski definition) is 1. The van der Waals surface area contributed by atoms with Gasteiger partial charge in [0.25, 0.3) is 5.69 Å². The zero-order valence-electron chi connectivity index (χ0n) is 21.5. The predicted molar refractivity (Wildman–Crippen MR) is 147 cm³/mol. The molecule has 0 aliphatic carbocycles. The third kappa shape index (κ3) is 7.23. The van der Waals surface area contributed by atoms with Crippen LogP contribution in [-0.2, 0) is 31.5 Å². The van der Waals surface area contributed by atoms with Crippen molar-refractivity contribution in [2.24, 2.45) is 0 Å². The van der Waals surface area contributed by atoms with Gasteiger partial charge in [-0.15, -0.1) is 0 Å². The first-order chi connectivity index (χ1) is 19.8. The summed E-state index contributed by atoms with van der Waals surface area (Å²) < 4.78 is 103. The maximum Gasteiger partial charge on any atom is 0.534 e. The van der Waals surface area contributed by atoms with Gasteiger partial charge in [0.2, 0.25) is 10.0 Å². The Labute approximate surface area is 239 Å². The van der Waals surface area contributed by atoms with Crippen LogP contribution >= 0.6 is 0 Å². The summed E-state index contributed by atoms with van der Waals surface area (Å²) in [7, 11) is -10.3. The van der Waals surface area contributed by atoms with Crippen molar-refractivity contribution in [2.75, 3.05) is 13.2 Å². The van der Waals surface area contributed by atoms with Crippen molar-refractivity contribution in [3.05, 3.63) is 112 Å². The number of nitro groups is 1. The van der Waals surface area contributed by atoms with Crippen LogP contribution < -0.4 is 8.91 Å². The summed E-state index contributed by atoms with van der Waals surface area (Å²) in [4.78, 5) is 9.94. The minimum Gasteiger partial charge on any atom is -0.376 e. The Balaban J connectivity index is 1.73. The molecule has 0 saturated carbocycles. The minimum atomic E-state index is -6.07. The van der Waals surface area contributed by atoms with Crippen LogP contribution in [0.4, 0.5) is 18.9 Å². The van der Waals surface area contributed by atoms with E-state index in [0.29, 0.717) is 10.8 Å². The van der Waals surface area contributed by atoms with Crippen LogP contribution in [-0.4, -0.2) is 40.4 Å². The minimum absolute atomic E-state index is 0.0274. The molecule has 4 rings (SSSR count). The average molecular weight is 625 g/mol. The Morgan fingerprint density at radius 1 is 0.857 bits per heavy atom. The largest absolute Gasteiger partial charge is 0.534 e. The van der Waals surface area contributed by atoms with E-state index in [9.17, 15) is 40.1 Å². The number of halogens is 3. The standard InChI is InChI=1S/C27H23F3N2O8S2/c28-27(29,30)42(37,38)40-25-15-10-20-8-4-5-9-24(20)26(25)21(18-39-17-19-6-2-1-3-7-19)16-31-41(35,36)23-13-11-22(12-14-23)32(33)34/h1-15,21,31H,16-18H2/t21-/m0/s1. The molecule has 0 aliphatic rings. The molecule has 0 aliphatic heterocycles. The molecule has 4 aromatic carbocycles. The van der Waals surface area contributed by atoms with Crippen molar-refractivity contribution in [1.82, 2.24) is 4.72 Å². The average Bonchev–Trinajstić information content (AvgIpc) is 2.95. The molecule has 1 atom stereocenters. The highest BCUT2D eigenvalue weighted by Crippen LogP contribution is 2.37. The summed E-state index contributed by atoms with van der Waals surface area (Å²) in [5, 5.41) is 11.8. The van der Waals surface area contributed by atoms with Gasteiger partial charge in [-0.05, 0) is 34.5 Å². The number of hydrogen-bond acceptors (Lipinski definition) is 8. The maximum atomic E-state index is 13.3. The van der Waals surface area contributed by atoms with E-state index in [0.717, 1.165) is 35.9 Å². The Kier molecular flexibility index (Phi) is 9.15. The van der Waals surface area contributed by atoms with Crippen LogP contribution in [0.25, 0.3) is 10.8 Å². The van der Waals surface area contributed by atoms with E-state index in [-0.39, 0.29) is 29.4 Å². The molecule has 0 radical (unpaired) electrons. The monoisotopic (exact) mass is 624 g/mol. The second-order valence-corrected chi connectivity index (χ2v) is 12.3. The Hall–Kier alpha value is -4.05. The lowest BCUT2D eigenvalue weighted by molar-refractivity contribution is -0.384. The number of fused-ring (bicyclic) bond motifs is 1. The van der Waals surface area contributed by atoms with Crippen molar-refractivity contribution in [2.45, 2.75) is 22.9 Å². The van der Waals surface area contributed by atoms with Crippen LogP contribution in [0.2, 0.25) is 0 Å². The van der Waals surface area contributed by atoms with Gasteiger partial charge in [-0.25, -0.2) is 13.1 Å². The summed E-state index contributed by atoms with van der Waals surface area (Å²) >= 11 is 0. The van der Waals surface area contributed by atoms with E-state index in [2.05, 4.69) is 8.91 Å². The highest BCUT2D eigenvalue weighted by Gasteiger charge is 2.49. The summed E-state index contributed by atoms with van der Waals surface area (Å²) in [6.45, 7) is -0.646. The van der Waals surface area contributed by atoms with Gasteiger partial charge in [-0.1, -0.05) is 60.7 Å². The topological polar surface area (TPSA) is 142 Å². The van der Waals surface area contributed by atoms with E-state index in [1.165, 1.54) is 12.1 Å². The van der Waals surface area contributed by atoms with Gasteiger partial charge < -0.3 is 8.92 Å². The molecule has 0 spiro atoms.